The van der Waals surface area contributed by atoms with E-state index in [-0.39, 0.29) is 0 Å². The smallest absolute Gasteiger partial charge is 0.235 e. The van der Waals surface area contributed by atoms with E-state index in [1.165, 1.54) is 11.8 Å². The van der Waals surface area contributed by atoms with Crippen LogP contribution in [0.15, 0.2) is 46.2 Å². The number of nitrogens with zero attached hydrogens (tertiary/aromatic N) is 7. The predicted molar refractivity (Wildman–Crippen MR) is 98.9 cm³/mol. The van der Waals surface area contributed by atoms with E-state index in [1.807, 2.05) is 54.6 Å². The minimum Gasteiger partial charge on any atom is -0.275 e. The van der Waals surface area contributed by atoms with Gasteiger partial charge in [0.15, 0.2) is 0 Å². The fraction of sp³-hybridized carbons (Fsp3) is 0.188. The number of para-hydroxylation sites is 1. The molecule has 0 spiro atoms. The van der Waals surface area contributed by atoms with Crippen molar-refractivity contribution in [3.63, 3.8) is 0 Å². The van der Waals surface area contributed by atoms with Gasteiger partial charge in [-0.1, -0.05) is 30.0 Å². The van der Waals surface area contributed by atoms with Crippen molar-refractivity contribution in [2.75, 3.05) is 0 Å². The van der Waals surface area contributed by atoms with Crippen LogP contribution in [0.3, 0.4) is 0 Å². The van der Waals surface area contributed by atoms with Crippen molar-refractivity contribution >= 4 is 33.5 Å². The number of halogens is 1. The van der Waals surface area contributed by atoms with Gasteiger partial charge in [0, 0.05) is 17.1 Å². The average molecular weight is 416 g/mol. The van der Waals surface area contributed by atoms with Crippen LogP contribution in [0, 0.1) is 13.8 Å². The molecule has 0 unspecified atom stereocenters. The molecule has 0 saturated carbocycles. The number of aromatic nitrogens is 7. The largest absolute Gasteiger partial charge is 0.275 e. The Labute approximate surface area is 156 Å². The molecular formula is C16H14BrN7S. The quantitative estimate of drug-likeness (QED) is 0.475. The summed E-state index contributed by atoms with van der Waals surface area (Å²) in [6, 6.07) is 11.9. The zero-order valence-corrected chi connectivity index (χ0v) is 16.0. The summed E-state index contributed by atoms with van der Waals surface area (Å²) in [5.74, 6) is 1.33. The monoisotopic (exact) mass is 415 g/mol. The van der Waals surface area contributed by atoms with Gasteiger partial charge in [0.2, 0.25) is 10.9 Å². The molecule has 0 saturated heterocycles. The number of hydrogen-bond donors (Lipinski definition) is 0. The second kappa shape index (κ2) is 6.57. The van der Waals surface area contributed by atoms with Gasteiger partial charge in [-0.05, 0) is 58.4 Å². The van der Waals surface area contributed by atoms with Crippen LogP contribution in [-0.2, 0) is 5.75 Å². The highest BCUT2D eigenvalue weighted by Gasteiger charge is 2.15. The van der Waals surface area contributed by atoms with Crippen LogP contribution in [0.2, 0.25) is 0 Å². The van der Waals surface area contributed by atoms with Gasteiger partial charge in [-0.3, -0.25) is 4.40 Å². The van der Waals surface area contributed by atoms with Crippen molar-refractivity contribution in [1.82, 2.24) is 34.6 Å². The summed E-state index contributed by atoms with van der Waals surface area (Å²) in [5, 5.41) is 12.7. The molecule has 0 aliphatic heterocycles. The summed E-state index contributed by atoms with van der Waals surface area (Å²) < 4.78 is 4.64. The maximum atomic E-state index is 4.64. The van der Waals surface area contributed by atoms with E-state index in [4.69, 9.17) is 0 Å². The lowest BCUT2D eigenvalue weighted by molar-refractivity contribution is 0.756. The van der Waals surface area contributed by atoms with Gasteiger partial charge in [-0.2, -0.15) is 4.68 Å². The van der Waals surface area contributed by atoms with Gasteiger partial charge in [0.05, 0.1) is 11.4 Å². The van der Waals surface area contributed by atoms with Crippen molar-refractivity contribution < 1.29 is 0 Å². The van der Waals surface area contributed by atoms with E-state index in [2.05, 4.69) is 41.4 Å². The number of fused-ring (bicyclic) bond motifs is 1. The molecule has 0 N–H and O–H groups in total. The summed E-state index contributed by atoms with van der Waals surface area (Å²) >= 11 is 5.18. The molecule has 1 aromatic carbocycles. The molecule has 0 amide bonds. The molecule has 4 aromatic rings. The Morgan fingerprint density at radius 3 is 2.72 bits per heavy atom. The summed E-state index contributed by atoms with van der Waals surface area (Å²) in [7, 11) is 0. The minimum absolute atomic E-state index is 0.635. The lowest BCUT2D eigenvalue weighted by Gasteiger charge is -2.03. The molecule has 0 aliphatic carbocycles. The third-order valence-electron chi connectivity index (χ3n) is 3.70. The summed E-state index contributed by atoms with van der Waals surface area (Å²) in [6.45, 7) is 4.01. The van der Waals surface area contributed by atoms with Crippen molar-refractivity contribution in [1.29, 1.82) is 0 Å². The Balaban J connectivity index is 1.63. The van der Waals surface area contributed by atoms with E-state index < -0.39 is 0 Å². The van der Waals surface area contributed by atoms with Crippen LogP contribution in [0.1, 0.15) is 17.1 Å². The maximum Gasteiger partial charge on any atom is 0.235 e. The average Bonchev–Trinajstić information content (AvgIpc) is 3.18. The fourth-order valence-electron chi connectivity index (χ4n) is 2.60. The lowest BCUT2D eigenvalue weighted by atomic mass is 10.3. The van der Waals surface area contributed by atoms with Gasteiger partial charge >= 0.3 is 0 Å². The third-order valence-corrected chi connectivity index (χ3v) is 5.44. The number of hydrogen-bond acceptors (Lipinski definition) is 6. The van der Waals surface area contributed by atoms with Crippen LogP contribution >= 0.6 is 27.7 Å². The van der Waals surface area contributed by atoms with Crippen LogP contribution in [-0.4, -0.2) is 34.6 Å². The molecule has 126 valence electrons. The second-order valence-corrected chi connectivity index (χ2v) is 7.21. The highest BCUT2D eigenvalue weighted by Crippen LogP contribution is 2.27. The number of thioether (sulfide) groups is 1. The highest BCUT2D eigenvalue weighted by atomic mass is 79.9. The first-order valence-corrected chi connectivity index (χ1v) is 9.39. The summed E-state index contributed by atoms with van der Waals surface area (Å²) in [4.78, 5) is 9.14. The Kier molecular flexibility index (Phi) is 4.26. The van der Waals surface area contributed by atoms with E-state index in [0.717, 1.165) is 32.5 Å². The van der Waals surface area contributed by atoms with Gasteiger partial charge in [-0.15, -0.1) is 5.10 Å². The topological polar surface area (TPSA) is 73.8 Å². The van der Waals surface area contributed by atoms with E-state index in [9.17, 15) is 0 Å². The second-order valence-electron chi connectivity index (χ2n) is 5.52. The first-order valence-electron chi connectivity index (χ1n) is 7.61. The number of rotatable bonds is 4. The molecule has 3 aromatic heterocycles. The van der Waals surface area contributed by atoms with Crippen LogP contribution in [0.25, 0.3) is 11.5 Å². The molecule has 3 heterocycles. The van der Waals surface area contributed by atoms with Crippen molar-refractivity contribution in [3.8, 4) is 5.69 Å². The number of aryl methyl sites for hydroxylation is 2. The van der Waals surface area contributed by atoms with Gasteiger partial charge in [0.25, 0.3) is 0 Å². The van der Waals surface area contributed by atoms with Gasteiger partial charge in [-0.25, -0.2) is 9.97 Å². The number of benzene rings is 1. The molecule has 7 nitrogen and oxygen atoms in total. The lowest BCUT2D eigenvalue weighted by Crippen LogP contribution is -1.98. The van der Waals surface area contributed by atoms with Crippen molar-refractivity contribution in [3.05, 3.63) is 58.1 Å². The summed E-state index contributed by atoms with van der Waals surface area (Å²) in [6.07, 6.45) is 0. The third kappa shape index (κ3) is 3.05. The maximum absolute atomic E-state index is 4.64. The van der Waals surface area contributed by atoms with Gasteiger partial charge in [0.1, 0.15) is 4.60 Å². The number of tetrazole rings is 1. The molecule has 25 heavy (non-hydrogen) atoms. The van der Waals surface area contributed by atoms with E-state index in [1.54, 1.807) is 4.68 Å². The summed E-state index contributed by atoms with van der Waals surface area (Å²) in [5.41, 5.74) is 3.88. The zero-order valence-electron chi connectivity index (χ0n) is 13.6. The van der Waals surface area contributed by atoms with E-state index in [0.29, 0.717) is 11.5 Å². The molecule has 0 atom stereocenters. The molecule has 9 heteroatoms. The van der Waals surface area contributed by atoms with E-state index >= 15 is 0 Å². The molecule has 0 fully saturated rings. The van der Waals surface area contributed by atoms with Crippen molar-refractivity contribution in [2.45, 2.75) is 24.8 Å². The minimum atomic E-state index is 0.635. The molecular weight excluding hydrogens is 402 g/mol. The standard InChI is InChI=1S/C16H14BrN7S/c1-10-8-11(2)23-14(17)13(19-15(23)18-10)9-25-16-20-21-22-24(16)12-6-4-3-5-7-12/h3-8H,9H2,1-2H3. The van der Waals surface area contributed by atoms with Crippen LogP contribution in [0.5, 0.6) is 0 Å². The van der Waals surface area contributed by atoms with Crippen LogP contribution in [0.4, 0.5) is 0 Å². The zero-order chi connectivity index (χ0) is 17.4. The molecule has 4 rings (SSSR count). The number of imidazole rings is 1. The SMILES string of the molecule is Cc1cc(C)n2c(Br)c(CSc3nnnn3-c3ccccc3)nc2n1. The fourth-order valence-corrected chi connectivity index (χ4v) is 4.28. The Morgan fingerprint density at radius 2 is 1.92 bits per heavy atom. The normalized spacial score (nSPS) is 11.3. The molecule has 0 aliphatic rings. The first-order chi connectivity index (χ1) is 12.1. The van der Waals surface area contributed by atoms with Crippen LogP contribution < -0.4 is 0 Å². The van der Waals surface area contributed by atoms with Gasteiger partial charge < -0.3 is 0 Å². The van der Waals surface area contributed by atoms with Crippen molar-refractivity contribution in [2.24, 2.45) is 0 Å². The Morgan fingerprint density at radius 1 is 1.12 bits per heavy atom. The Hall–Kier alpha value is -2.26. The molecule has 0 radical (unpaired) electrons. The first kappa shape index (κ1) is 16.2. The Bertz CT molecular complexity index is 1040. The predicted octanol–water partition coefficient (Wildman–Crippen LogP) is 3.38. The highest BCUT2D eigenvalue weighted by molar-refractivity contribution is 9.10. The molecule has 0 bridgehead atoms.